The van der Waals surface area contributed by atoms with E-state index in [1.165, 1.54) is 0 Å². The van der Waals surface area contributed by atoms with Crippen LogP contribution in [0.1, 0.15) is 0 Å². The van der Waals surface area contributed by atoms with E-state index in [0.29, 0.717) is 0 Å². The van der Waals surface area contributed by atoms with Crippen molar-refractivity contribution < 1.29 is 50.0 Å². The Balaban J connectivity index is 1.88. The molecule has 9 atom stereocenters. The zero-order valence-corrected chi connectivity index (χ0v) is 11.0. The zero-order chi connectivity index (χ0) is 15.7. The van der Waals surface area contributed by atoms with Gasteiger partial charge < -0.3 is 50.0 Å². The molecule has 0 aromatic rings. The Hall–Kier alpha value is -0.400. The van der Waals surface area contributed by atoms with Gasteiger partial charge in [0.25, 0.3) is 0 Å². The van der Waals surface area contributed by atoms with Crippen molar-refractivity contribution in [2.45, 2.75) is 55.3 Å². The van der Waals surface area contributed by atoms with Crippen LogP contribution in [0.3, 0.4) is 0 Å². The van der Waals surface area contributed by atoms with Gasteiger partial charge in [-0.3, -0.25) is 0 Å². The van der Waals surface area contributed by atoms with Crippen LogP contribution in [0.15, 0.2) is 0 Å². The summed E-state index contributed by atoms with van der Waals surface area (Å²) in [6, 6.07) is 0. The first kappa shape index (κ1) is 17.0. The van der Waals surface area contributed by atoms with E-state index in [9.17, 15) is 35.7 Å². The van der Waals surface area contributed by atoms with Crippen molar-refractivity contribution in [3.05, 3.63) is 0 Å². The maximum absolute atomic E-state index is 9.70. The molecule has 0 saturated carbocycles. The van der Waals surface area contributed by atoms with E-state index < -0.39 is 55.3 Å². The third-order valence-electron chi connectivity index (χ3n) is 3.57. The molecule has 2 aliphatic heterocycles. The second-order valence-electron chi connectivity index (χ2n) is 5.12. The summed E-state index contributed by atoms with van der Waals surface area (Å²) in [5, 5.41) is 66.2. The average molecular weight is 312 g/mol. The molecule has 124 valence electrons. The summed E-state index contributed by atoms with van der Waals surface area (Å²) in [5.41, 5.74) is 0. The van der Waals surface area contributed by atoms with Crippen LogP contribution < -0.4 is 0 Å². The van der Waals surface area contributed by atoms with E-state index in [1.54, 1.807) is 0 Å². The highest BCUT2D eigenvalue weighted by Crippen LogP contribution is 2.22. The number of ether oxygens (including phenoxy) is 3. The topological polar surface area (TPSA) is 169 Å². The Labute approximate surface area is 119 Å². The summed E-state index contributed by atoms with van der Waals surface area (Å²) in [7, 11) is 0. The van der Waals surface area contributed by atoms with E-state index in [0.717, 1.165) is 0 Å². The molecular formula is C11H20O10. The highest BCUT2D eigenvalue weighted by molar-refractivity contribution is 4.89. The van der Waals surface area contributed by atoms with E-state index in [2.05, 4.69) is 0 Å². The maximum Gasteiger partial charge on any atom is 0.186 e. The first-order chi connectivity index (χ1) is 9.82. The summed E-state index contributed by atoms with van der Waals surface area (Å²) in [6.07, 6.45) is -13.1. The van der Waals surface area contributed by atoms with Crippen LogP contribution in [-0.4, -0.2) is 104 Å². The number of rotatable bonds is 3. The number of aliphatic hydroxyl groups excluding tert-OH is 7. The van der Waals surface area contributed by atoms with Gasteiger partial charge in [-0.05, 0) is 0 Å². The average Bonchev–Trinajstić information content (AvgIpc) is 2.46. The largest absolute Gasteiger partial charge is 0.388 e. The second kappa shape index (κ2) is 6.79. The minimum absolute atomic E-state index is 0.249. The number of hydrogen-bond acceptors (Lipinski definition) is 10. The minimum atomic E-state index is -1.69. The fraction of sp³-hybridized carbons (Fsp3) is 1.00. The van der Waals surface area contributed by atoms with Gasteiger partial charge >= 0.3 is 0 Å². The Bertz CT molecular complexity index is 341. The molecule has 2 aliphatic rings. The van der Waals surface area contributed by atoms with E-state index >= 15 is 0 Å². The van der Waals surface area contributed by atoms with Crippen LogP contribution in [0.4, 0.5) is 0 Å². The first-order valence-corrected chi connectivity index (χ1v) is 6.48. The van der Waals surface area contributed by atoms with Gasteiger partial charge in [0, 0.05) is 0 Å². The lowest BCUT2D eigenvalue weighted by Gasteiger charge is -2.40. The first-order valence-electron chi connectivity index (χ1n) is 6.48. The predicted octanol–water partition coefficient (Wildman–Crippen LogP) is -4.76. The SMILES string of the molecule is O[C@H]1[C@H](O)[C@H](O)O[C@@H](CO[C@H]2OC[C@@H](O)[C@@H](O)[C@H]2O)[C@H]1O. The van der Waals surface area contributed by atoms with Crippen molar-refractivity contribution in [3.8, 4) is 0 Å². The monoisotopic (exact) mass is 312 g/mol. The van der Waals surface area contributed by atoms with Crippen LogP contribution >= 0.6 is 0 Å². The maximum atomic E-state index is 9.70. The molecule has 0 aromatic carbocycles. The predicted molar refractivity (Wildman–Crippen MR) is 62.6 cm³/mol. The lowest BCUT2D eigenvalue weighted by Crippen LogP contribution is -2.59. The molecule has 7 N–H and O–H groups in total. The minimum Gasteiger partial charge on any atom is -0.388 e. The van der Waals surface area contributed by atoms with Crippen LogP contribution in [0.2, 0.25) is 0 Å². The third kappa shape index (κ3) is 3.51. The molecule has 0 bridgehead atoms. The second-order valence-corrected chi connectivity index (χ2v) is 5.12. The molecule has 21 heavy (non-hydrogen) atoms. The molecule has 0 radical (unpaired) electrons. The normalized spacial score (nSPS) is 51.9. The van der Waals surface area contributed by atoms with Gasteiger partial charge in [0.15, 0.2) is 12.6 Å². The lowest BCUT2D eigenvalue weighted by atomic mass is 9.99. The number of aliphatic hydroxyl groups is 7. The van der Waals surface area contributed by atoms with Crippen LogP contribution in [0.25, 0.3) is 0 Å². The van der Waals surface area contributed by atoms with Gasteiger partial charge in [-0.1, -0.05) is 0 Å². The standard InChI is InChI=1S/C11H20O10/c12-3-1-19-11(9(17)5(3)13)20-2-4-6(14)7(15)8(16)10(18)21-4/h3-18H,1-2H2/t3-,4+,5-,6-,7-,8+,9-,10-,11-/m1/s1. The summed E-state index contributed by atoms with van der Waals surface area (Å²) >= 11 is 0. The quantitative estimate of drug-likeness (QED) is 0.268. The van der Waals surface area contributed by atoms with E-state index in [-0.39, 0.29) is 13.2 Å². The Morgan fingerprint density at radius 1 is 0.810 bits per heavy atom. The Kier molecular flexibility index (Phi) is 5.48. The molecule has 10 nitrogen and oxygen atoms in total. The molecule has 0 aromatic heterocycles. The van der Waals surface area contributed by atoms with E-state index in [4.69, 9.17) is 14.2 Å². The van der Waals surface area contributed by atoms with Gasteiger partial charge in [-0.15, -0.1) is 0 Å². The fourth-order valence-corrected chi connectivity index (χ4v) is 2.18. The highest BCUT2D eigenvalue weighted by Gasteiger charge is 2.44. The molecule has 0 amide bonds. The van der Waals surface area contributed by atoms with Crippen LogP contribution in [0, 0.1) is 0 Å². The van der Waals surface area contributed by atoms with Gasteiger partial charge in [-0.25, -0.2) is 0 Å². The van der Waals surface area contributed by atoms with Gasteiger partial charge in [0.1, 0.15) is 42.7 Å². The van der Waals surface area contributed by atoms with E-state index in [1.807, 2.05) is 0 Å². The number of hydrogen-bond donors (Lipinski definition) is 7. The van der Waals surface area contributed by atoms with Crippen molar-refractivity contribution in [1.82, 2.24) is 0 Å². The zero-order valence-electron chi connectivity index (χ0n) is 11.0. The van der Waals surface area contributed by atoms with Crippen molar-refractivity contribution in [2.75, 3.05) is 13.2 Å². The van der Waals surface area contributed by atoms with Gasteiger partial charge in [-0.2, -0.15) is 0 Å². The summed E-state index contributed by atoms with van der Waals surface area (Å²) in [5.74, 6) is 0. The lowest BCUT2D eigenvalue weighted by molar-refractivity contribution is -0.312. The van der Waals surface area contributed by atoms with Crippen LogP contribution in [0.5, 0.6) is 0 Å². The third-order valence-corrected chi connectivity index (χ3v) is 3.57. The van der Waals surface area contributed by atoms with Crippen molar-refractivity contribution >= 4 is 0 Å². The molecule has 0 spiro atoms. The smallest absolute Gasteiger partial charge is 0.186 e. The molecule has 2 rings (SSSR count). The molecular weight excluding hydrogens is 292 g/mol. The summed E-state index contributed by atoms with van der Waals surface area (Å²) in [4.78, 5) is 0. The summed E-state index contributed by atoms with van der Waals surface area (Å²) < 4.78 is 15.0. The Morgan fingerprint density at radius 3 is 2.14 bits per heavy atom. The summed E-state index contributed by atoms with van der Waals surface area (Å²) in [6.45, 7) is -0.631. The van der Waals surface area contributed by atoms with Gasteiger partial charge in [0.2, 0.25) is 0 Å². The molecule has 2 heterocycles. The Morgan fingerprint density at radius 2 is 1.48 bits per heavy atom. The van der Waals surface area contributed by atoms with Crippen molar-refractivity contribution in [2.24, 2.45) is 0 Å². The molecule has 0 aliphatic carbocycles. The van der Waals surface area contributed by atoms with Gasteiger partial charge in [0.05, 0.1) is 13.2 Å². The molecule has 2 saturated heterocycles. The molecule has 2 fully saturated rings. The van der Waals surface area contributed by atoms with Crippen molar-refractivity contribution in [3.63, 3.8) is 0 Å². The molecule has 0 unspecified atom stereocenters. The molecule has 10 heteroatoms. The highest BCUT2D eigenvalue weighted by atomic mass is 16.7. The fourth-order valence-electron chi connectivity index (χ4n) is 2.18. The van der Waals surface area contributed by atoms with Crippen molar-refractivity contribution in [1.29, 1.82) is 0 Å². The van der Waals surface area contributed by atoms with Crippen LogP contribution in [-0.2, 0) is 14.2 Å².